The number of benzene rings is 2. The molecule has 0 aromatic heterocycles. The molecule has 0 bridgehead atoms. The Bertz CT molecular complexity index is 764. The highest BCUT2D eigenvalue weighted by Crippen LogP contribution is 2.34. The van der Waals surface area contributed by atoms with Crippen molar-refractivity contribution >= 4 is 17.6 Å². The first-order chi connectivity index (χ1) is 11.2. The van der Waals surface area contributed by atoms with Crippen LogP contribution in [0.25, 0.3) is 11.6 Å². The predicted octanol–water partition coefficient (Wildman–Crippen LogP) is 3.09. The van der Waals surface area contributed by atoms with Crippen LogP contribution in [-0.2, 0) is 4.79 Å². The van der Waals surface area contributed by atoms with E-state index in [0.717, 1.165) is 0 Å². The van der Waals surface area contributed by atoms with Crippen LogP contribution < -0.4 is 14.2 Å². The fourth-order valence-corrected chi connectivity index (χ4v) is 2.42. The fourth-order valence-electron chi connectivity index (χ4n) is 2.42. The maximum Gasteiger partial charge on any atom is 0.336 e. The smallest absolute Gasteiger partial charge is 0.336 e. The number of hydrogen-bond acceptors (Lipinski definition) is 4. The van der Waals surface area contributed by atoms with Crippen LogP contribution in [0.15, 0.2) is 42.5 Å². The van der Waals surface area contributed by atoms with Crippen molar-refractivity contribution in [1.82, 2.24) is 0 Å². The molecule has 0 amide bonds. The van der Waals surface area contributed by atoms with Gasteiger partial charge in [0.15, 0.2) is 11.5 Å². The highest BCUT2D eigenvalue weighted by Gasteiger charge is 2.17. The molecule has 0 radical (unpaired) electrons. The molecule has 5 heteroatoms. The van der Waals surface area contributed by atoms with E-state index < -0.39 is 5.97 Å². The lowest BCUT2D eigenvalue weighted by molar-refractivity contribution is -0.130. The summed E-state index contributed by atoms with van der Waals surface area (Å²) in [5.41, 5.74) is 1.40. The Morgan fingerprint density at radius 1 is 1.13 bits per heavy atom. The molecule has 1 N–H and O–H groups in total. The summed E-state index contributed by atoms with van der Waals surface area (Å²) in [6.45, 7) is 0.949. The van der Waals surface area contributed by atoms with E-state index >= 15 is 0 Å². The van der Waals surface area contributed by atoms with E-state index in [1.54, 1.807) is 43.5 Å². The first-order valence-electron chi connectivity index (χ1n) is 7.17. The predicted molar refractivity (Wildman–Crippen MR) is 85.9 cm³/mol. The lowest BCUT2D eigenvalue weighted by Crippen LogP contribution is -2.15. The molecule has 0 saturated heterocycles. The Labute approximate surface area is 133 Å². The number of carboxylic acids is 1. The Hall–Kier alpha value is -2.95. The molecular formula is C18H16O5. The van der Waals surface area contributed by atoms with Gasteiger partial charge in [-0.15, -0.1) is 0 Å². The monoisotopic (exact) mass is 312 g/mol. The summed E-state index contributed by atoms with van der Waals surface area (Å²) < 4.78 is 16.3. The molecule has 2 aromatic carbocycles. The number of rotatable bonds is 4. The molecule has 1 aliphatic heterocycles. The third-order valence-electron chi connectivity index (χ3n) is 3.52. The molecule has 0 unspecified atom stereocenters. The molecule has 0 aliphatic carbocycles. The van der Waals surface area contributed by atoms with Gasteiger partial charge in [-0.1, -0.05) is 24.3 Å². The van der Waals surface area contributed by atoms with E-state index in [4.69, 9.17) is 14.2 Å². The van der Waals surface area contributed by atoms with E-state index in [-0.39, 0.29) is 5.57 Å². The van der Waals surface area contributed by atoms with Gasteiger partial charge in [-0.3, -0.25) is 0 Å². The van der Waals surface area contributed by atoms with E-state index in [2.05, 4.69) is 0 Å². The Morgan fingerprint density at radius 3 is 2.61 bits per heavy atom. The molecule has 3 rings (SSSR count). The summed E-state index contributed by atoms with van der Waals surface area (Å²) in [6.07, 6.45) is 1.59. The number of para-hydroxylation sites is 1. The van der Waals surface area contributed by atoms with Gasteiger partial charge in [0.2, 0.25) is 0 Å². The topological polar surface area (TPSA) is 65.0 Å². The lowest BCUT2D eigenvalue weighted by atomic mass is 10.0. The van der Waals surface area contributed by atoms with Crippen LogP contribution in [0.4, 0.5) is 0 Å². The first-order valence-corrected chi connectivity index (χ1v) is 7.17. The number of hydrogen-bond donors (Lipinski definition) is 1. The Balaban J connectivity index is 2.05. The van der Waals surface area contributed by atoms with Crippen LogP contribution in [0.3, 0.4) is 0 Å². The summed E-state index contributed by atoms with van der Waals surface area (Å²) in [4.78, 5) is 11.7. The molecule has 5 nitrogen and oxygen atoms in total. The number of carbonyl (C=O) groups is 1. The second kappa shape index (κ2) is 6.44. The second-order valence-electron chi connectivity index (χ2n) is 4.96. The largest absolute Gasteiger partial charge is 0.496 e. The minimum Gasteiger partial charge on any atom is -0.496 e. The Kier molecular flexibility index (Phi) is 4.19. The van der Waals surface area contributed by atoms with Gasteiger partial charge in [0.05, 0.1) is 12.7 Å². The van der Waals surface area contributed by atoms with Crippen molar-refractivity contribution in [3.8, 4) is 17.2 Å². The maximum atomic E-state index is 11.7. The zero-order valence-electron chi connectivity index (χ0n) is 12.6. The summed E-state index contributed by atoms with van der Waals surface area (Å²) in [5, 5.41) is 9.57. The van der Waals surface area contributed by atoms with Crippen molar-refractivity contribution in [2.45, 2.75) is 0 Å². The summed E-state index contributed by atoms with van der Waals surface area (Å²) in [7, 11) is 1.55. The van der Waals surface area contributed by atoms with Gasteiger partial charge in [0.1, 0.15) is 19.0 Å². The maximum absolute atomic E-state index is 11.7. The number of methoxy groups -OCH3 is 1. The summed E-state index contributed by atoms with van der Waals surface area (Å²) in [5.74, 6) is 0.777. The van der Waals surface area contributed by atoms with Gasteiger partial charge in [-0.2, -0.15) is 0 Å². The Morgan fingerprint density at radius 2 is 1.87 bits per heavy atom. The third kappa shape index (κ3) is 3.13. The van der Waals surface area contributed by atoms with Gasteiger partial charge >= 0.3 is 5.97 Å². The molecule has 0 saturated carbocycles. The molecule has 118 valence electrons. The molecule has 23 heavy (non-hydrogen) atoms. The van der Waals surface area contributed by atoms with Crippen molar-refractivity contribution in [1.29, 1.82) is 0 Å². The van der Waals surface area contributed by atoms with E-state index in [1.165, 1.54) is 0 Å². The number of carboxylic acid groups (broad SMARTS) is 1. The highest BCUT2D eigenvalue weighted by atomic mass is 16.6. The summed E-state index contributed by atoms with van der Waals surface area (Å²) >= 11 is 0. The van der Waals surface area contributed by atoms with Crippen LogP contribution in [0, 0.1) is 0 Å². The fraction of sp³-hybridized carbons (Fsp3) is 0.167. The second-order valence-corrected chi connectivity index (χ2v) is 4.96. The highest BCUT2D eigenvalue weighted by molar-refractivity contribution is 6.21. The molecule has 1 heterocycles. The van der Waals surface area contributed by atoms with Crippen molar-refractivity contribution in [2.24, 2.45) is 0 Å². The van der Waals surface area contributed by atoms with Crippen LogP contribution in [0.1, 0.15) is 11.1 Å². The van der Waals surface area contributed by atoms with Crippen molar-refractivity contribution in [3.05, 3.63) is 53.6 Å². The zero-order valence-corrected chi connectivity index (χ0v) is 12.6. The molecule has 0 fully saturated rings. The van der Waals surface area contributed by atoms with Gasteiger partial charge in [0, 0.05) is 5.56 Å². The first kappa shape index (κ1) is 15.0. The van der Waals surface area contributed by atoms with Crippen LogP contribution >= 0.6 is 0 Å². The van der Waals surface area contributed by atoms with Crippen molar-refractivity contribution in [2.75, 3.05) is 20.3 Å². The van der Waals surface area contributed by atoms with E-state index in [0.29, 0.717) is 41.6 Å². The summed E-state index contributed by atoms with van der Waals surface area (Å²) in [6, 6.07) is 12.4. The quantitative estimate of drug-likeness (QED) is 0.694. The molecular weight excluding hydrogens is 296 g/mol. The normalized spacial score (nSPS) is 13.5. The van der Waals surface area contributed by atoms with E-state index in [9.17, 15) is 9.90 Å². The molecule has 0 spiro atoms. The van der Waals surface area contributed by atoms with Crippen molar-refractivity contribution in [3.63, 3.8) is 0 Å². The molecule has 0 atom stereocenters. The number of ether oxygens (including phenoxy) is 3. The van der Waals surface area contributed by atoms with Gasteiger partial charge < -0.3 is 19.3 Å². The molecule has 1 aliphatic rings. The average Bonchev–Trinajstić information content (AvgIpc) is 2.59. The minimum absolute atomic E-state index is 0.159. The zero-order chi connectivity index (χ0) is 16.2. The average molecular weight is 312 g/mol. The van der Waals surface area contributed by atoms with E-state index in [1.807, 2.05) is 12.1 Å². The van der Waals surface area contributed by atoms with Gasteiger partial charge in [-0.25, -0.2) is 4.79 Å². The SMILES string of the molecule is COc1ccccc1/C=C(\C(=O)O)c1ccc2c(c1)OCCO2. The van der Waals surface area contributed by atoms with Crippen LogP contribution in [-0.4, -0.2) is 31.4 Å². The van der Waals surface area contributed by atoms with Crippen LogP contribution in [0.5, 0.6) is 17.2 Å². The minimum atomic E-state index is -1.02. The molecule has 2 aromatic rings. The van der Waals surface area contributed by atoms with Gasteiger partial charge in [-0.05, 0) is 29.8 Å². The van der Waals surface area contributed by atoms with Crippen molar-refractivity contribution < 1.29 is 24.1 Å². The van der Waals surface area contributed by atoms with Crippen LogP contribution in [0.2, 0.25) is 0 Å². The van der Waals surface area contributed by atoms with Gasteiger partial charge in [0.25, 0.3) is 0 Å². The number of aliphatic carboxylic acids is 1. The lowest BCUT2D eigenvalue weighted by Gasteiger charge is -2.19. The number of fused-ring (bicyclic) bond motifs is 1. The third-order valence-corrected chi connectivity index (χ3v) is 3.52. The standard InChI is InChI=1S/C18H16O5/c1-21-15-5-3-2-4-13(15)10-14(18(19)20)12-6-7-16-17(11-12)23-9-8-22-16/h2-7,10-11H,8-9H2,1H3,(H,19,20)/b14-10-.